The van der Waals surface area contributed by atoms with Gasteiger partial charge in [0.25, 0.3) is 0 Å². The molecule has 1 aromatic rings. The minimum Gasteiger partial charge on any atom is -0.354 e. The van der Waals surface area contributed by atoms with E-state index in [0.717, 1.165) is 12.8 Å². The third-order valence-electron chi connectivity index (χ3n) is 3.80. The maximum atomic E-state index is 13.7. The molecular weight excluding hydrogens is 283 g/mol. The standard InChI is InChI=1S/C17H25FN2O2/c1-4-14(5-2)17(22)19-10-11-20(13(3)21)12-15-8-6-7-9-16(15)18/h6-9,14H,4-5,10-12H2,1-3H3,(H,19,22). The largest absolute Gasteiger partial charge is 0.354 e. The van der Waals surface area contributed by atoms with Crippen LogP contribution in [0.25, 0.3) is 0 Å². The van der Waals surface area contributed by atoms with Crippen molar-refractivity contribution in [1.82, 2.24) is 10.2 Å². The zero-order chi connectivity index (χ0) is 16.5. The summed E-state index contributed by atoms with van der Waals surface area (Å²) in [5, 5.41) is 2.84. The van der Waals surface area contributed by atoms with Gasteiger partial charge in [0, 0.05) is 38.0 Å². The molecule has 22 heavy (non-hydrogen) atoms. The molecule has 1 rings (SSSR count). The third-order valence-corrected chi connectivity index (χ3v) is 3.80. The molecule has 0 aliphatic carbocycles. The van der Waals surface area contributed by atoms with Gasteiger partial charge in [0.2, 0.25) is 11.8 Å². The first-order valence-corrected chi connectivity index (χ1v) is 7.76. The zero-order valence-electron chi connectivity index (χ0n) is 13.6. The highest BCUT2D eigenvalue weighted by atomic mass is 19.1. The Labute approximate surface area is 131 Å². The van der Waals surface area contributed by atoms with Gasteiger partial charge in [0.15, 0.2) is 0 Å². The van der Waals surface area contributed by atoms with E-state index in [0.29, 0.717) is 18.7 Å². The van der Waals surface area contributed by atoms with Crippen molar-refractivity contribution < 1.29 is 14.0 Å². The summed E-state index contributed by atoms with van der Waals surface area (Å²) < 4.78 is 13.7. The van der Waals surface area contributed by atoms with Gasteiger partial charge in [-0.15, -0.1) is 0 Å². The van der Waals surface area contributed by atoms with E-state index in [1.807, 2.05) is 13.8 Å². The van der Waals surface area contributed by atoms with Gasteiger partial charge in [0.05, 0.1) is 0 Å². The summed E-state index contributed by atoms with van der Waals surface area (Å²) in [6.07, 6.45) is 1.60. The van der Waals surface area contributed by atoms with E-state index in [-0.39, 0.29) is 30.1 Å². The van der Waals surface area contributed by atoms with E-state index in [9.17, 15) is 14.0 Å². The molecule has 0 heterocycles. The Kier molecular flexibility index (Phi) is 7.57. The topological polar surface area (TPSA) is 49.4 Å². The first-order valence-electron chi connectivity index (χ1n) is 7.76. The molecule has 0 atom stereocenters. The molecule has 0 unspecified atom stereocenters. The van der Waals surface area contributed by atoms with Crippen LogP contribution in [0.15, 0.2) is 24.3 Å². The fourth-order valence-electron chi connectivity index (χ4n) is 2.30. The summed E-state index contributed by atoms with van der Waals surface area (Å²) in [6, 6.07) is 6.40. The summed E-state index contributed by atoms with van der Waals surface area (Å²) >= 11 is 0. The van der Waals surface area contributed by atoms with Crippen molar-refractivity contribution >= 4 is 11.8 Å². The van der Waals surface area contributed by atoms with Gasteiger partial charge >= 0.3 is 0 Å². The van der Waals surface area contributed by atoms with Gasteiger partial charge in [-0.25, -0.2) is 4.39 Å². The molecule has 0 spiro atoms. The molecule has 0 aliphatic heterocycles. The highest BCUT2D eigenvalue weighted by Gasteiger charge is 2.15. The second kappa shape index (κ2) is 9.18. The summed E-state index contributed by atoms with van der Waals surface area (Å²) in [4.78, 5) is 25.1. The fourth-order valence-corrected chi connectivity index (χ4v) is 2.30. The number of nitrogens with one attached hydrogen (secondary N) is 1. The molecule has 5 heteroatoms. The monoisotopic (exact) mass is 308 g/mol. The lowest BCUT2D eigenvalue weighted by atomic mass is 10.0. The van der Waals surface area contributed by atoms with Crippen LogP contribution in [0.1, 0.15) is 39.2 Å². The van der Waals surface area contributed by atoms with E-state index in [4.69, 9.17) is 0 Å². The molecular formula is C17H25FN2O2. The number of carbonyl (C=O) groups is 2. The van der Waals surface area contributed by atoms with Gasteiger partial charge in [-0.05, 0) is 18.9 Å². The maximum Gasteiger partial charge on any atom is 0.223 e. The molecule has 0 bridgehead atoms. The van der Waals surface area contributed by atoms with Crippen LogP contribution < -0.4 is 5.32 Å². The number of nitrogens with zero attached hydrogens (tertiary/aromatic N) is 1. The average Bonchev–Trinajstić information content (AvgIpc) is 2.49. The van der Waals surface area contributed by atoms with Crippen molar-refractivity contribution in [3.05, 3.63) is 35.6 Å². The number of hydrogen-bond acceptors (Lipinski definition) is 2. The quantitative estimate of drug-likeness (QED) is 0.803. The zero-order valence-corrected chi connectivity index (χ0v) is 13.6. The minimum atomic E-state index is -0.324. The van der Waals surface area contributed by atoms with Crippen LogP contribution in [0.2, 0.25) is 0 Å². The van der Waals surface area contributed by atoms with Gasteiger partial charge in [0.1, 0.15) is 5.82 Å². The lowest BCUT2D eigenvalue weighted by Crippen LogP contribution is -2.39. The van der Waals surface area contributed by atoms with Crippen LogP contribution in [0, 0.1) is 11.7 Å². The second-order valence-corrected chi connectivity index (χ2v) is 5.34. The van der Waals surface area contributed by atoms with Gasteiger partial charge < -0.3 is 10.2 Å². The van der Waals surface area contributed by atoms with Crippen LogP contribution in [0.3, 0.4) is 0 Å². The molecule has 0 aliphatic rings. The highest BCUT2D eigenvalue weighted by Crippen LogP contribution is 2.10. The molecule has 0 saturated heterocycles. The summed E-state index contributed by atoms with van der Waals surface area (Å²) in [6.45, 7) is 6.37. The lowest BCUT2D eigenvalue weighted by Gasteiger charge is -2.22. The van der Waals surface area contributed by atoms with Crippen molar-refractivity contribution in [3.8, 4) is 0 Å². The summed E-state index contributed by atoms with van der Waals surface area (Å²) in [5.41, 5.74) is 0.476. The van der Waals surface area contributed by atoms with Crippen LogP contribution in [-0.4, -0.2) is 29.8 Å². The van der Waals surface area contributed by atoms with E-state index >= 15 is 0 Å². The normalized spacial score (nSPS) is 10.6. The van der Waals surface area contributed by atoms with Crippen molar-refractivity contribution in [2.75, 3.05) is 13.1 Å². The van der Waals surface area contributed by atoms with Crippen molar-refractivity contribution in [2.24, 2.45) is 5.92 Å². The van der Waals surface area contributed by atoms with Gasteiger partial charge in [-0.3, -0.25) is 9.59 Å². The molecule has 2 amide bonds. The van der Waals surface area contributed by atoms with Crippen molar-refractivity contribution in [1.29, 1.82) is 0 Å². The Morgan fingerprint density at radius 3 is 2.41 bits per heavy atom. The predicted octanol–water partition coefficient (Wildman–Crippen LogP) is 2.73. The van der Waals surface area contributed by atoms with E-state index in [1.54, 1.807) is 18.2 Å². The van der Waals surface area contributed by atoms with Crippen molar-refractivity contribution in [3.63, 3.8) is 0 Å². The predicted molar refractivity (Wildman–Crippen MR) is 84.6 cm³/mol. The Balaban J connectivity index is 2.54. The first-order chi connectivity index (χ1) is 10.5. The van der Waals surface area contributed by atoms with E-state index in [2.05, 4.69) is 5.32 Å². The molecule has 1 N–H and O–H groups in total. The van der Waals surface area contributed by atoms with Crippen molar-refractivity contribution in [2.45, 2.75) is 40.2 Å². The molecule has 122 valence electrons. The Morgan fingerprint density at radius 1 is 1.23 bits per heavy atom. The second-order valence-electron chi connectivity index (χ2n) is 5.34. The Hall–Kier alpha value is -1.91. The third kappa shape index (κ3) is 5.47. The van der Waals surface area contributed by atoms with Crippen LogP contribution in [-0.2, 0) is 16.1 Å². The summed E-state index contributed by atoms with van der Waals surface area (Å²) in [5.74, 6) is -0.438. The van der Waals surface area contributed by atoms with Gasteiger partial charge in [-0.2, -0.15) is 0 Å². The molecule has 1 aromatic carbocycles. The molecule has 4 nitrogen and oxygen atoms in total. The van der Waals surface area contributed by atoms with E-state index in [1.165, 1.54) is 17.9 Å². The highest BCUT2D eigenvalue weighted by molar-refractivity contribution is 5.78. The average molecular weight is 308 g/mol. The number of benzene rings is 1. The first kappa shape index (κ1) is 18.1. The Bertz CT molecular complexity index is 501. The van der Waals surface area contributed by atoms with E-state index < -0.39 is 0 Å². The maximum absolute atomic E-state index is 13.7. The number of hydrogen-bond donors (Lipinski definition) is 1. The van der Waals surface area contributed by atoms with Crippen LogP contribution in [0.4, 0.5) is 4.39 Å². The lowest BCUT2D eigenvalue weighted by molar-refractivity contribution is -0.130. The molecule has 0 radical (unpaired) electrons. The number of rotatable bonds is 8. The molecule has 0 aromatic heterocycles. The van der Waals surface area contributed by atoms with Crippen LogP contribution in [0.5, 0.6) is 0 Å². The number of carbonyl (C=O) groups excluding carboxylic acids is 2. The number of halogens is 1. The minimum absolute atomic E-state index is 0.0114. The smallest absolute Gasteiger partial charge is 0.223 e. The fraction of sp³-hybridized carbons (Fsp3) is 0.529. The Morgan fingerprint density at radius 2 is 1.86 bits per heavy atom. The molecule has 0 saturated carbocycles. The number of amides is 2. The molecule has 0 fully saturated rings. The SMILES string of the molecule is CCC(CC)C(=O)NCCN(Cc1ccccc1F)C(C)=O. The summed E-state index contributed by atoms with van der Waals surface area (Å²) in [7, 11) is 0. The van der Waals surface area contributed by atoms with Crippen LogP contribution >= 0.6 is 0 Å². The van der Waals surface area contributed by atoms with Gasteiger partial charge in [-0.1, -0.05) is 32.0 Å².